The second-order valence-corrected chi connectivity index (χ2v) is 7.75. The summed E-state index contributed by atoms with van der Waals surface area (Å²) >= 11 is 0. The van der Waals surface area contributed by atoms with Crippen LogP contribution in [0.15, 0.2) is 24.3 Å². The van der Waals surface area contributed by atoms with E-state index < -0.39 is 0 Å². The Morgan fingerprint density at radius 1 is 0.667 bits per heavy atom. The summed E-state index contributed by atoms with van der Waals surface area (Å²) < 4.78 is 45.7. The van der Waals surface area contributed by atoms with E-state index in [1.54, 1.807) is 14.2 Å². The van der Waals surface area contributed by atoms with Gasteiger partial charge in [0.2, 0.25) is 25.1 Å². The Labute approximate surface area is 173 Å². The summed E-state index contributed by atoms with van der Waals surface area (Å²) in [7, 11) is 3.25. The lowest BCUT2D eigenvalue weighted by Crippen LogP contribution is -2.14. The molecule has 4 heterocycles. The van der Waals surface area contributed by atoms with Crippen LogP contribution in [0.3, 0.4) is 0 Å². The largest absolute Gasteiger partial charge is 0.493 e. The van der Waals surface area contributed by atoms with E-state index in [4.69, 9.17) is 37.9 Å². The highest BCUT2D eigenvalue weighted by Crippen LogP contribution is 2.54. The number of ether oxygens (including phenoxy) is 8. The van der Waals surface area contributed by atoms with E-state index in [1.807, 2.05) is 24.3 Å². The molecular formula is C22H22O8. The Bertz CT molecular complexity index is 910. The lowest BCUT2D eigenvalue weighted by atomic mass is 9.84. The molecule has 2 aromatic carbocycles. The minimum Gasteiger partial charge on any atom is -0.493 e. The normalized spacial score (nSPS) is 27.9. The lowest BCUT2D eigenvalue weighted by Gasteiger charge is -2.18. The standard InChI is InChI=1S/C22H22O8/c1-23-15-3-11(5-17-21(15)29-9-27-17)19-13-7-26-20(14(13)8-25-19)12-4-16(24-2)22-18(6-12)28-10-30-22/h3-6,13-14,19-20H,7-10H2,1-2H3/t13-,14-,19-,20+/m0/s1. The van der Waals surface area contributed by atoms with E-state index >= 15 is 0 Å². The third-order valence-corrected chi connectivity index (χ3v) is 6.28. The maximum Gasteiger partial charge on any atom is 0.231 e. The zero-order chi connectivity index (χ0) is 20.2. The Morgan fingerprint density at radius 3 is 1.57 bits per heavy atom. The quantitative estimate of drug-likeness (QED) is 0.755. The molecule has 4 aliphatic heterocycles. The van der Waals surface area contributed by atoms with Crippen LogP contribution in [0.25, 0.3) is 0 Å². The zero-order valence-corrected chi connectivity index (χ0v) is 16.7. The lowest BCUT2D eigenvalue weighted by molar-refractivity contribution is 0.0190. The van der Waals surface area contributed by atoms with Crippen LogP contribution >= 0.6 is 0 Å². The molecule has 0 spiro atoms. The van der Waals surface area contributed by atoms with Crippen LogP contribution in [-0.2, 0) is 9.47 Å². The molecule has 0 saturated carbocycles. The average molecular weight is 414 g/mol. The number of rotatable bonds is 4. The number of hydrogen-bond donors (Lipinski definition) is 0. The number of hydrogen-bond acceptors (Lipinski definition) is 8. The van der Waals surface area contributed by atoms with Gasteiger partial charge in [-0.25, -0.2) is 0 Å². The molecule has 0 bridgehead atoms. The third-order valence-electron chi connectivity index (χ3n) is 6.28. The number of methoxy groups -OCH3 is 2. The second kappa shape index (κ2) is 6.85. The Balaban J connectivity index is 1.30. The molecule has 30 heavy (non-hydrogen) atoms. The van der Waals surface area contributed by atoms with Crippen LogP contribution in [0.4, 0.5) is 0 Å². The van der Waals surface area contributed by atoms with Crippen molar-refractivity contribution in [2.45, 2.75) is 12.2 Å². The third kappa shape index (κ3) is 2.60. The first-order valence-corrected chi connectivity index (χ1v) is 9.95. The van der Waals surface area contributed by atoms with Gasteiger partial charge in [-0.05, 0) is 35.4 Å². The van der Waals surface area contributed by atoms with E-state index in [1.165, 1.54) is 0 Å². The Kier molecular flexibility index (Phi) is 4.10. The monoisotopic (exact) mass is 414 g/mol. The van der Waals surface area contributed by atoms with Gasteiger partial charge in [-0.2, -0.15) is 0 Å². The summed E-state index contributed by atoms with van der Waals surface area (Å²) in [6.07, 6.45) is -0.196. The molecule has 2 aromatic rings. The first-order valence-electron chi connectivity index (χ1n) is 9.95. The highest BCUT2D eigenvalue weighted by atomic mass is 16.7. The molecule has 6 rings (SSSR count). The minimum absolute atomic E-state index is 0.0979. The van der Waals surface area contributed by atoms with Crippen LogP contribution < -0.4 is 28.4 Å². The van der Waals surface area contributed by atoms with Crippen LogP contribution in [0, 0.1) is 11.8 Å². The molecular weight excluding hydrogens is 392 g/mol. The number of benzene rings is 2. The predicted molar refractivity (Wildman–Crippen MR) is 103 cm³/mol. The smallest absolute Gasteiger partial charge is 0.231 e. The van der Waals surface area contributed by atoms with Gasteiger partial charge in [-0.15, -0.1) is 0 Å². The van der Waals surface area contributed by atoms with Gasteiger partial charge in [0.25, 0.3) is 0 Å². The molecule has 0 unspecified atom stereocenters. The van der Waals surface area contributed by atoms with Crippen molar-refractivity contribution >= 4 is 0 Å². The fourth-order valence-corrected chi connectivity index (χ4v) is 4.86. The first kappa shape index (κ1) is 18.0. The molecule has 4 atom stereocenters. The molecule has 0 N–H and O–H groups in total. The second-order valence-electron chi connectivity index (χ2n) is 7.75. The van der Waals surface area contributed by atoms with Crippen molar-refractivity contribution in [2.75, 3.05) is 41.0 Å². The summed E-state index contributed by atoms with van der Waals surface area (Å²) in [5, 5.41) is 0. The van der Waals surface area contributed by atoms with Gasteiger partial charge >= 0.3 is 0 Å². The topological polar surface area (TPSA) is 73.8 Å². The van der Waals surface area contributed by atoms with Gasteiger partial charge in [0.15, 0.2) is 23.0 Å². The molecule has 0 aliphatic carbocycles. The van der Waals surface area contributed by atoms with Crippen molar-refractivity contribution < 1.29 is 37.9 Å². The molecule has 4 aliphatic rings. The summed E-state index contributed by atoms with van der Waals surface area (Å²) in [5.41, 5.74) is 2.02. The van der Waals surface area contributed by atoms with Crippen molar-refractivity contribution in [3.05, 3.63) is 35.4 Å². The summed E-state index contributed by atoms with van der Waals surface area (Å²) in [4.78, 5) is 0. The van der Waals surface area contributed by atoms with Gasteiger partial charge in [0.05, 0.1) is 39.6 Å². The molecule has 0 amide bonds. The molecule has 8 heteroatoms. The van der Waals surface area contributed by atoms with Gasteiger partial charge in [-0.3, -0.25) is 0 Å². The van der Waals surface area contributed by atoms with Crippen LogP contribution in [0.1, 0.15) is 23.3 Å². The van der Waals surface area contributed by atoms with E-state index in [0.717, 1.165) is 11.1 Å². The highest BCUT2D eigenvalue weighted by Gasteiger charge is 2.49. The van der Waals surface area contributed by atoms with Crippen LogP contribution in [0.2, 0.25) is 0 Å². The molecule has 2 fully saturated rings. The maximum absolute atomic E-state index is 6.25. The van der Waals surface area contributed by atoms with Gasteiger partial charge in [0, 0.05) is 11.8 Å². The van der Waals surface area contributed by atoms with E-state index in [-0.39, 0.29) is 37.6 Å². The summed E-state index contributed by atoms with van der Waals surface area (Å²) in [6, 6.07) is 7.90. The van der Waals surface area contributed by atoms with Gasteiger partial charge in [-0.1, -0.05) is 0 Å². The first-order chi connectivity index (χ1) is 14.8. The van der Waals surface area contributed by atoms with Crippen molar-refractivity contribution in [3.63, 3.8) is 0 Å². The molecule has 158 valence electrons. The highest BCUT2D eigenvalue weighted by molar-refractivity contribution is 5.57. The predicted octanol–water partition coefficient (Wildman–Crippen LogP) is 3.24. The summed E-state index contributed by atoms with van der Waals surface area (Å²) in [6.45, 7) is 1.61. The van der Waals surface area contributed by atoms with E-state index in [9.17, 15) is 0 Å². The summed E-state index contributed by atoms with van der Waals surface area (Å²) in [5.74, 6) is 4.41. The maximum atomic E-state index is 6.25. The van der Waals surface area contributed by atoms with E-state index in [2.05, 4.69) is 0 Å². The van der Waals surface area contributed by atoms with Crippen molar-refractivity contribution in [2.24, 2.45) is 11.8 Å². The van der Waals surface area contributed by atoms with Gasteiger partial charge in [0.1, 0.15) is 0 Å². The SMILES string of the molecule is COc1cc([C@H]2OC[C@H]3[C@@H]2CO[C@H]3c2cc(OC)c3c(c2)OCO3)cc2c1OCO2. The average Bonchev–Trinajstić information content (AvgIpc) is 3.55. The zero-order valence-electron chi connectivity index (χ0n) is 16.7. The Hall–Kier alpha value is -2.84. The van der Waals surface area contributed by atoms with Crippen molar-refractivity contribution in [1.29, 1.82) is 0 Å². The Morgan fingerprint density at radius 2 is 1.13 bits per heavy atom. The van der Waals surface area contributed by atoms with E-state index in [0.29, 0.717) is 47.7 Å². The number of fused-ring (bicyclic) bond motifs is 3. The van der Waals surface area contributed by atoms with Crippen molar-refractivity contribution in [1.82, 2.24) is 0 Å². The van der Waals surface area contributed by atoms with Crippen molar-refractivity contribution in [3.8, 4) is 34.5 Å². The molecule has 0 radical (unpaired) electrons. The minimum atomic E-state index is -0.0979. The molecule has 2 saturated heterocycles. The molecule has 8 nitrogen and oxygen atoms in total. The van der Waals surface area contributed by atoms with Gasteiger partial charge < -0.3 is 37.9 Å². The fraction of sp³-hybridized carbons (Fsp3) is 0.455. The van der Waals surface area contributed by atoms with Crippen LogP contribution in [0.5, 0.6) is 34.5 Å². The van der Waals surface area contributed by atoms with Crippen LogP contribution in [-0.4, -0.2) is 41.0 Å². The molecule has 0 aromatic heterocycles. The fourth-order valence-electron chi connectivity index (χ4n) is 4.86.